The maximum Gasteiger partial charge on any atom is 0.342 e. The maximum absolute atomic E-state index is 10.5. The number of rotatable bonds is 4. The summed E-state index contributed by atoms with van der Waals surface area (Å²) in [5.74, 6) is -1.19. The van der Waals surface area contributed by atoms with E-state index in [-0.39, 0.29) is 5.97 Å². The van der Waals surface area contributed by atoms with E-state index in [1.54, 1.807) is 0 Å². The molecule has 0 saturated heterocycles. The molecule has 0 saturated carbocycles. The molecule has 0 radical (unpaired) electrons. The Balaban J connectivity index is 0.000000180. The lowest BCUT2D eigenvalue weighted by Crippen LogP contribution is -2.05. The van der Waals surface area contributed by atoms with Gasteiger partial charge in [0.1, 0.15) is 0 Å². The molecule has 0 bridgehead atoms. The van der Waals surface area contributed by atoms with Crippen molar-refractivity contribution in [2.24, 2.45) is 0 Å². The predicted octanol–water partition coefficient (Wildman–Crippen LogP) is 1.68. The van der Waals surface area contributed by atoms with Crippen molar-refractivity contribution >= 4 is 17.9 Å². The zero-order valence-electron chi connectivity index (χ0n) is 10.4. The van der Waals surface area contributed by atoms with Crippen LogP contribution in [-0.2, 0) is 23.9 Å². The van der Waals surface area contributed by atoms with Gasteiger partial charge in [0.15, 0.2) is 0 Å². The largest absolute Gasteiger partial charge is 0.463 e. The molecule has 1 aliphatic heterocycles. The average molecular weight is 252 g/mol. The summed E-state index contributed by atoms with van der Waals surface area (Å²) in [6, 6.07) is 0. The number of hydrogen-bond acceptors (Lipinski definition) is 5. The third-order valence-corrected chi connectivity index (χ3v) is 2.58. The summed E-state index contributed by atoms with van der Waals surface area (Å²) in [6.45, 7) is 5.82. The van der Waals surface area contributed by atoms with E-state index < -0.39 is 11.9 Å². The van der Waals surface area contributed by atoms with Gasteiger partial charge in [-0.2, -0.15) is 0 Å². The Morgan fingerprint density at radius 2 is 1.89 bits per heavy atom. The highest BCUT2D eigenvalue weighted by Crippen LogP contribution is 2.34. The first kappa shape index (κ1) is 14.2. The topological polar surface area (TPSA) is 69.7 Å². The zero-order valence-corrected chi connectivity index (χ0v) is 10.4. The molecule has 18 heavy (non-hydrogen) atoms. The number of carbonyl (C=O) groups is 3. The molecule has 1 heterocycles. The summed E-state index contributed by atoms with van der Waals surface area (Å²) >= 11 is 0. The Kier molecular flexibility index (Phi) is 5.30. The number of hydrogen-bond donors (Lipinski definition) is 0. The van der Waals surface area contributed by atoms with Crippen LogP contribution in [-0.4, -0.2) is 24.5 Å². The van der Waals surface area contributed by atoms with Crippen LogP contribution in [0, 0.1) is 0 Å². The smallest absolute Gasteiger partial charge is 0.342 e. The summed E-state index contributed by atoms with van der Waals surface area (Å²) in [5, 5.41) is 0. The van der Waals surface area contributed by atoms with E-state index >= 15 is 0 Å². The molecular formula is C13H16O5. The lowest BCUT2D eigenvalue weighted by molar-refractivity contribution is -0.150. The molecule has 0 spiro atoms. The molecule has 0 unspecified atom stereocenters. The van der Waals surface area contributed by atoms with Crippen LogP contribution >= 0.6 is 0 Å². The minimum Gasteiger partial charge on any atom is -0.463 e. The standard InChI is InChI=1S/C7H12O2.C6H4O3/c1-3-5-6-9-7(8)4-2;7-5-3-1-2-4(3)6(8)9-5/h4H,2-3,5-6H2,1H3;1-2H2. The van der Waals surface area contributed by atoms with Crippen molar-refractivity contribution in [2.75, 3.05) is 6.61 Å². The third-order valence-electron chi connectivity index (χ3n) is 2.58. The average Bonchev–Trinajstić information content (AvgIpc) is 2.46. The fourth-order valence-electron chi connectivity index (χ4n) is 1.41. The quantitative estimate of drug-likeness (QED) is 0.329. The molecule has 5 nitrogen and oxygen atoms in total. The van der Waals surface area contributed by atoms with Gasteiger partial charge < -0.3 is 9.47 Å². The lowest BCUT2D eigenvalue weighted by Gasteiger charge is -2.07. The van der Waals surface area contributed by atoms with Crippen LogP contribution in [0.1, 0.15) is 32.6 Å². The van der Waals surface area contributed by atoms with Crippen molar-refractivity contribution in [1.82, 2.24) is 0 Å². The van der Waals surface area contributed by atoms with Gasteiger partial charge in [0.05, 0.1) is 6.61 Å². The SMILES string of the molecule is C=CC(=O)OCCCC.O=C1OC(=O)C2=C1CC2. The molecule has 0 amide bonds. The van der Waals surface area contributed by atoms with E-state index in [1.807, 2.05) is 6.92 Å². The van der Waals surface area contributed by atoms with Crippen LogP contribution in [0.4, 0.5) is 0 Å². The van der Waals surface area contributed by atoms with E-state index in [4.69, 9.17) is 0 Å². The summed E-state index contributed by atoms with van der Waals surface area (Å²) in [7, 11) is 0. The molecule has 1 aliphatic carbocycles. The van der Waals surface area contributed by atoms with E-state index in [0.29, 0.717) is 17.8 Å². The van der Waals surface area contributed by atoms with Gasteiger partial charge in [-0.3, -0.25) is 0 Å². The number of unbranched alkanes of at least 4 members (excludes halogenated alkanes) is 1. The summed E-state index contributed by atoms with van der Waals surface area (Å²) < 4.78 is 8.97. The van der Waals surface area contributed by atoms with Crippen LogP contribution in [0.5, 0.6) is 0 Å². The van der Waals surface area contributed by atoms with E-state index in [9.17, 15) is 14.4 Å². The summed E-state index contributed by atoms with van der Waals surface area (Å²) in [4.78, 5) is 31.4. The van der Waals surface area contributed by atoms with E-state index in [0.717, 1.165) is 25.7 Å². The van der Waals surface area contributed by atoms with Gasteiger partial charge in [-0.1, -0.05) is 19.9 Å². The van der Waals surface area contributed by atoms with Gasteiger partial charge in [-0.15, -0.1) is 0 Å². The van der Waals surface area contributed by atoms with Gasteiger partial charge in [0.2, 0.25) is 0 Å². The van der Waals surface area contributed by atoms with E-state index in [1.165, 1.54) is 6.08 Å². The molecule has 2 aliphatic rings. The van der Waals surface area contributed by atoms with Crippen molar-refractivity contribution in [3.63, 3.8) is 0 Å². The second-order valence-electron chi connectivity index (χ2n) is 3.86. The Hall–Kier alpha value is -1.91. The normalized spacial score (nSPS) is 16.1. The lowest BCUT2D eigenvalue weighted by atomic mass is 9.91. The van der Waals surface area contributed by atoms with Crippen LogP contribution < -0.4 is 0 Å². The molecular weight excluding hydrogens is 236 g/mol. The Morgan fingerprint density at radius 3 is 2.22 bits per heavy atom. The molecule has 0 atom stereocenters. The molecule has 98 valence electrons. The van der Waals surface area contributed by atoms with Gasteiger partial charge in [0.25, 0.3) is 0 Å². The Bertz CT molecular complexity index is 382. The van der Waals surface area contributed by atoms with E-state index in [2.05, 4.69) is 16.1 Å². The fourth-order valence-corrected chi connectivity index (χ4v) is 1.41. The molecule has 0 aromatic carbocycles. The van der Waals surface area contributed by atoms with Crippen LogP contribution in [0.15, 0.2) is 23.8 Å². The molecule has 2 rings (SSSR count). The fraction of sp³-hybridized carbons (Fsp3) is 0.462. The molecule has 0 fully saturated rings. The number of cyclic esters (lactones) is 2. The highest BCUT2D eigenvalue weighted by Gasteiger charge is 2.38. The number of ether oxygens (including phenoxy) is 2. The van der Waals surface area contributed by atoms with Crippen LogP contribution in [0.25, 0.3) is 0 Å². The van der Waals surface area contributed by atoms with Crippen molar-refractivity contribution in [3.8, 4) is 0 Å². The van der Waals surface area contributed by atoms with Crippen molar-refractivity contribution in [1.29, 1.82) is 0 Å². The number of carbonyl (C=O) groups excluding carboxylic acids is 3. The zero-order chi connectivity index (χ0) is 13.5. The van der Waals surface area contributed by atoms with Crippen LogP contribution in [0.2, 0.25) is 0 Å². The Morgan fingerprint density at radius 1 is 1.33 bits per heavy atom. The molecule has 0 aromatic rings. The van der Waals surface area contributed by atoms with Crippen molar-refractivity contribution < 1.29 is 23.9 Å². The maximum atomic E-state index is 10.5. The minimum absolute atomic E-state index is 0.330. The van der Waals surface area contributed by atoms with Gasteiger partial charge in [0, 0.05) is 17.2 Å². The summed E-state index contributed by atoms with van der Waals surface area (Å²) in [5.41, 5.74) is 1.19. The second-order valence-corrected chi connectivity index (χ2v) is 3.86. The highest BCUT2D eigenvalue weighted by atomic mass is 16.6. The molecule has 0 N–H and O–H groups in total. The van der Waals surface area contributed by atoms with Gasteiger partial charge in [-0.05, 0) is 19.3 Å². The highest BCUT2D eigenvalue weighted by molar-refractivity contribution is 6.14. The van der Waals surface area contributed by atoms with Crippen LogP contribution in [0.3, 0.4) is 0 Å². The monoisotopic (exact) mass is 252 g/mol. The Labute approximate surface area is 105 Å². The van der Waals surface area contributed by atoms with Gasteiger partial charge >= 0.3 is 17.9 Å². The first-order valence-corrected chi connectivity index (χ1v) is 5.87. The third kappa shape index (κ3) is 3.55. The van der Waals surface area contributed by atoms with Crippen molar-refractivity contribution in [3.05, 3.63) is 23.8 Å². The molecule has 0 aromatic heterocycles. The van der Waals surface area contributed by atoms with Gasteiger partial charge in [-0.25, -0.2) is 14.4 Å². The predicted molar refractivity (Wildman–Crippen MR) is 63.4 cm³/mol. The minimum atomic E-state index is -0.429. The first-order chi connectivity index (χ1) is 8.60. The van der Waals surface area contributed by atoms with Crippen molar-refractivity contribution in [2.45, 2.75) is 32.6 Å². The second kappa shape index (κ2) is 6.74. The molecule has 5 heteroatoms. The first-order valence-electron chi connectivity index (χ1n) is 5.87. The summed E-state index contributed by atoms with van der Waals surface area (Å²) in [6.07, 6.45) is 4.60. The number of esters is 3.